The molecule has 0 amide bonds. The lowest BCUT2D eigenvalue weighted by Crippen LogP contribution is -2.43. The number of hydrogen-bond donors (Lipinski definition) is 1. The van der Waals surface area contributed by atoms with Crippen LogP contribution in [0.25, 0.3) is 0 Å². The molecule has 3 heterocycles. The molecule has 8 heteroatoms. The Labute approximate surface area is 151 Å². The molecule has 0 saturated carbocycles. The highest BCUT2D eigenvalue weighted by atomic mass is 19.4. The van der Waals surface area contributed by atoms with Gasteiger partial charge in [-0.05, 0) is 38.8 Å². The van der Waals surface area contributed by atoms with Gasteiger partial charge in [0.25, 0.3) is 0 Å². The van der Waals surface area contributed by atoms with Crippen molar-refractivity contribution < 1.29 is 13.2 Å². The maximum atomic E-state index is 12.6. The lowest BCUT2D eigenvalue weighted by atomic mass is 10.0. The lowest BCUT2D eigenvalue weighted by Gasteiger charge is -2.33. The Hall–Kier alpha value is -2.09. The summed E-state index contributed by atoms with van der Waals surface area (Å²) in [6.45, 7) is 7.41. The highest BCUT2D eigenvalue weighted by Crippen LogP contribution is 2.29. The Morgan fingerprint density at radius 2 is 1.88 bits per heavy atom. The molecule has 1 aliphatic rings. The van der Waals surface area contributed by atoms with Gasteiger partial charge >= 0.3 is 6.18 Å². The van der Waals surface area contributed by atoms with Crippen LogP contribution in [-0.4, -0.2) is 40.2 Å². The first-order valence-electron chi connectivity index (χ1n) is 8.84. The molecule has 0 bridgehead atoms. The van der Waals surface area contributed by atoms with Gasteiger partial charge in [0, 0.05) is 44.1 Å². The fourth-order valence-electron chi connectivity index (χ4n) is 3.21. The molecule has 142 valence electrons. The minimum Gasteiger partial charge on any atom is -0.357 e. The molecule has 0 aromatic carbocycles. The van der Waals surface area contributed by atoms with Crippen LogP contribution in [0.4, 0.5) is 19.0 Å². The molecule has 0 unspecified atom stereocenters. The molecule has 1 aliphatic heterocycles. The number of nitrogens with one attached hydrogen (secondary N) is 1. The molecule has 0 aliphatic carbocycles. The highest BCUT2D eigenvalue weighted by molar-refractivity contribution is 5.40. The number of pyridine rings is 1. The molecule has 0 atom stereocenters. The Kier molecular flexibility index (Phi) is 5.50. The molecular weight excluding hydrogens is 343 g/mol. The molecule has 1 saturated heterocycles. The lowest BCUT2D eigenvalue weighted by molar-refractivity contribution is -0.137. The van der Waals surface area contributed by atoms with Crippen molar-refractivity contribution in [1.29, 1.82) is 0 Å². The number of alkyl halides is 3. The molecule has 5 nitrogen and oxygen atoms in total. The predicted octanol–water partition coefficient (Wildman–Crippen LogP) is 3.17. The van der Waals surface area contributed by atoms with Crippen molar-refractivity contribution in [2.45, 2.75) is 45.5 Å². The Morgan fingerprint density at radius 3 is 2.42 bits per heavy atom. The number of aromatic nitrogens is 3. The monoisotopic (exact) mass is 367 g/mol. The van der Waals surface area contributed by atoms with Crippen LogP contribution in [0.3, 0.4) is 0 Å². The summed E-state index contributed by atoms with van der Waals surface area (Å²) >= 11 is 0. The molecular formula is C18H24F3N5. The third kappa shape index (κ3) is 4.35. The van der Waals surface area contributed by atoms with Crippen molar-refractivity contribution in [3.8, 4) is 0 Å². The summed E-state index contributed by atoms with van der Waals surface area (Å²) in [4.78, 5) is 10.3. The smallest absolute Gasteiger partial charge is 0.357 e. The molecule has 0 radical (unpaired) electrons. The Balaban J connectivity index is 1.44. The molecule has 1 fully saturated rings. The Morgan fingerprint density at radius 1 is 1.15 bits per heavy atom. The number of piperidine rings is 1. The average Bonchev–Trinajstić information content (AvgIpc) is 2.94. The number of hydrogen-bond acceptors (Lipinski definition) is 4. The summed E-state index contributed by atoms with van der Waals surface area (Å²) in [6.07, 6.45) is 0.337. The van der Waals surface area contributed by atoms with Gasteiger partial charge < -0.3 is 14.8 Å². The summed E-state index contributed by atoms with van der Waals surface area (Å²) < 4.78 is 40.0. The van der Waals surface area contributed by atoms with Crippen LogP contribution < -0.4 is 10.2 Å². The van der Waals surface area contributed by atoms with E-state index < -0.39 is 11.7 Å². The summed E-state index contributed by atoms with van der Waals surface area (Å²) in [5, 5.41) is 3.56. The molecule has 3 rings (SSSR count). The zero-order chi connectivity index (χ0) is 18.7. The van der Waals surface area contributed by atoms with Gasteiger partial charge in [-0.2, -0.15) is 13.2 Å². The van der Waals surface area contributed by atoms with Crippen molar-refractivity contribution in [2.24, 2.45) is 0 Å². The van der Waals surface area contributed by atoms with Gasteiger partial charge in [0.1, 0.15) is 5.82 Å². The number of imidazole rings is 1. The second-order valence-corrected chi connectivity index (χ2v) is 6.73. The topological polar surface area (TPSA) is 46.0 Å². The van der Waals surface area contributed by atoms with Crippen LogP contribution >= 0.6 is 0 Å². The quantitative estimate of drug-likeness (QED) is 0.882. The third-order valence-electron chi connectivity index (χ3n) is 5.03. The molecule has 2 aromatic rings. The Bertz CT molecular complexity index is 715. The van der Waals surface area contributed by atoms with Crippen LogP contribution in [0.5, 0.6) is 0 Å². The second kappa shape index (κ2) is 7.65. The van der Waals surface area contributed by atoms with Gasteiger partial charge in [-0.15, -0.1) is 0 Å². The van der Waals surface area contributed by atoms with Gasteiger partial charge in [-0.3, -0.25) is 0 Å². The van der Waals surface area contributed by atoms with Crippen molar-refractivity contribution in [2.75, 3.05) is 24.5 Å². The molecule has 26 heavy (non-hydrogen) atoms. The van der Waals surface area contributed by atoms with E-state index in [-0.39, 0.29) is 0 Å². The first-order valence-corrected chi connectivity index (χ1v) is 8.84. The minimum atomic E-state index is -4.34. The van der Waals surface area contributed by atoms with Crippen molar-refractivity contribution in [3.05, 3.63) is 41.6 Å². The maximum absolute atomic E-state index is 12.6. The summed E-state index contributed by atoms with van der Waals surface area (Å²) in [7, 11) is 0. The van der Waals surface area contributed by atoms with E-state index in [0.29, 0.717) is 11.9 Å². The van der Waals surface area contributed by atoms with E-state index in [1.54, 1.807) is 0 Å². The van der Waals surface area contributed by atoms with Crippen molar-refractivity contribution in [3.63, 3.8) is 0 Å². The SMILES string of the molecule is Cc1ncn(CCNC2CCN(c3ccc(C(F)(F)F)cn3)CC2)c1C. The number of halogens is 3. The fourth-order valence-corrected chi connectivity index (χ4v) is 3.21. The van der Waals surface area contributed by atoms with E-state index in [2.05, 4.69) is 26.8 Å². The van der Waals surface area contributed by atoms with E-state index in [1.807, 2.05) is 18.2 Å². The highest BCUT2D eigenvalue weighted by Gasteiger charge is 2.31. The normalized spacial score (nSPS) is 16.3. The molecule has 1 N–H and O–H groups in total. The zero-order valence-corrected chi connectivity index (χ0v) is 15.1. The van der Waals surface area contributed by atoms with Gasteiger partial charge in [0.05, 0.1) is 17.6 Å². The molecule has 0 spiro atoms. The van der Waals surface area contributed by atoms with Crippen LogP contribution in [-0.2, 0) is 12.7 Å². The minimum absolute atomic E-state index is 0.422. The van der Waals surface area contributed by atoms with E-state index in [1.165, 1.54) is 11.8 Å². The number of aryl methyl sites for hydroxylation is 1. The number of rotatable bonds is 5. The third-order valence-corrected chi connectivity index (χ3v) is 5.03. The predicted molar refractivity (Wildman–Crippen MR) is 94.2 cm³/mol. The van der Waals surface area contributed by atoms with Crippen LogP contribution in [0.2, 0.25) is 0 Å². The van der Waals surface area contributed by atoms with E-state index >= 15 is 0 Å². The summed E-state index contributed by atoms with van der Waals surface area (Å²) in [5.74, 6) is 0.612. The number of nitrogens with zero attached hydrogens (tertiary/aromatic N) is 4. The van der Waals surface area contributed by atoms with Gasteiger partial charge in [0.2, 0.25) is 0 Å². The summed E-state index contributed by atoms with van der Waals surface area (Å²) in [6, 6.07) is 2.98. The number of anilines is 1. The standard InChI is InChI=1S/C18H24F3N5/c1-13-14(2)26(12-24-13)10-7-22-16-5-8-25(9-6-16)17-4-3-15(11-23-17)18(19,20)21/h3-4,11-12,16,22H,5-10H2,1-2H3. The van der Waals surface area contributed by atoms with Gasteiger partial charge in [0.15, 0.2) is 0 Å². The van der Waals surface area contributed by atoms with Crippen LogP contribution in [0, 0.1) is 13.8 Å². The van der Waals surface area contributed by atoms with Crippen molar-refractivity contribution in [1.82, 2.24) is 19.9 Å². The van der Waals surface area contributed by atoms with Crippen LogP contribution in [0.1, 0.15) is 29.8 Å². The average molecular weight is 367 g/mol. The van der Waals surface area contributed by atoms with Crippen LogP contribution in [0.15, 0.2) is 24.7 Å². The van der Waals surface area contributed by atoms with E-state index in [9.17, 15) is 13.2 Å². The fraction of sp³-hybridized carbons (Fsp3) is 0.556. The first kappa shape index (κ1) is 18.7. The second-order valence-electron chi connectivity index (χ2n) is 6.73. The zero-order valence-electron chi connectivity index (χ0n) is 15.1. The molecule has 2 aromatic heterocycles. The van der Waals surface area contributed by atoms with Gasteiger partial charge in [-0.1, -0.05) is 0 Å². The van der Waals surface area contributed by atoms with Gasteiger partial charge in [-0.25, -0.2) is 9.97 Å². The maximum Gasteiger partial charge on any atom is 0.417 e. The summed E-state index contributed by atoms with van der Waals surface area (Å²) in [5.41, 5.74) is 1.54. The largest absolute Gasteiger partial charge is 0.417 e. The van der Waals surface area contributed by atoms with E-state index in [4.69, 9.17) is 0 Å². The first-order chi connectivity index (χ1) is 12.3. The van der Waals surface area contributed by atoms with Crippen molar-refractivity contribution >= 4 is 5.82 Å². The van der Waals surface area contributed by atoms with E-state index in [0.717, 1.165) is 57.0 Å².